The van der Waals surface area contributed by atoms with Crippen LogP contribution in [0.15, 0.2) is 24.3 Å². The highest BCUT2D eigenvalue weighted by atomic mass is 16.5. The summed E-state index contributed by atoms with van der Waals surface area (Å²) in [7, 11) is 1.53. The zero-order chi connectivity index (χ0) is 17.9. The molecule has 0 spiro atoms. The second-order valence-corrected chi connectivity index (χ2v) is 5.76. The number of carbonyl (C=O) groups is 2. The van der Waals surface area contributed by atoms with Gasteiger partial charge in [-0.05, 0) is 44.0 Å². The van der Waals surface area contributed by atoms with Crippen molar-refractivity contribution in [3.8, 4) is 5.88 Å². The van der Waals surface area contributed by atoms with Crippen LogP contribution in [0.1, 0.15) is 60.7 Å². The lowest BCUT2D eigenvalue weighted by molar-refractivity contribution is 0.0932. The van der Waals surface area contributed by atoms with Crippen LogP contribution in [0.2, 0.25) is 0 Å². The Balaban J connectivity index is 2.76. The maximum Gasteiger partial charge on any atom is 0.230 e. The SMILES string of the molecule is CCCCC=C(OC)c1c(O)n(C(C)=O)c2ccc(C(C)=O)cc12. The molecule has 5 heteroatoms. The maximum absolute atomic E-state index is 12.0. The number of rotatable bonds is 6. The molecule has 0 atom stereocenters. The Morgan fingerprint density at radius 3 is 2.54 bits per heavy atom. The molecule has 1 heterocycles. The van der Waals surface area contributed by atoms with Crippen LogP contribution in [0, 0.1) is 0 Å². The monoisotopic (exact) mass is 329 g/mol. The number of hydrogen-bond acceptors (Lipinski definition) is 4. The van der Waals surface area contributed by atoms with Crippen LogP contribution in [-0.4, -0.2) is 28.5 Å². The van der Waals surface area contributed by atoms with Gasteiger partial charge in [-0.3, -0.25) is 14.2 Å². The van der Waals surface area contributed by atoms with Gasteiger partial charge in [0.1, 0.15) is 5.76 Å². The summed E-state index contributed by atoms with van der Waals surface area (Å²) in [5.74, 6) is -0.0374. The molecule has 1 aromatic heterocycles. The van der Waals surface area contributed by atoms with Crippen molar-refractivity contribution in [2.75, 3.05) is 7.11 Å². The van der Waals surface area contributed by atoms with E-state index in [1.54, 1.807) is 18.2 Å². The lowest BCUT2D eigenvalue weighted by atomic mass is 10.0. The van der Waals surface area contributed by atoms with Crippen molar-refractivity contribution in [2.24, 2.45) is 0 Å². The van der Waals surface area contributed by atoms with Crippen LogP contribution in [0.25, 0.3) is 16.7 Å². The van der Waals surface area contributed by atoms with Crippen LogP contribution < -0.4 is 0 Å². The number of allylic oxidation sites excluding steroid dienone is 1. The Morgan fingerprint density at radius 2 is 2.00 bits per heavy atom. The molecule has 1 N–H and O–H groups in total. The van der Waals surface area contributed by atoms with Gasteiger partial charge in [-0.1, -0.05) is 13.3 Å². The summed E-state index contributed by atoms with van der Waals surface area (Å²) >= 11 is 0. The molecule has 0 aliphatic heterocycles. The van der Waals surface area contributed by atoms with Gasteiger partial charge >= 0.3 is 0 Å². The van der Waals surface area contributed by atoms with Gasteiger partial charge in [-0.25, -0.2) is 0 Å². The lowest BCUT2D eigenvalue weighted by Crippen LogP contribution is -2.04. The summed E-state index contributed by atoms with van der Waals surface area (Å²) in [5.41, 5.74) is 1.52. The summed E-state index contributed by atoms with van der Waals surface area (Å²) < 4.78 is 6.69. The van der Waals surface area contributed by atoms with E-state index in [9.17, 15) is 14.7 Å². The molecule has 0 unspecified atom stereocenters. The Labute approximate surface area is 141 Å². The van der Waals surface area contributed by atoms with Crippen molar-refractivity contribution in [1.82, 2.24) is 4.57 Å². The number of carbonyl (C=O) groups excluding carboxylic acids is 2. The Kier molecular flexibility index (Phi) is 5.44. The lowest BCUT2D eigenvalue weighted by Gasteiger charge is -2.07. The molecule has 24 heavy (non-hydrogen) atoms. The number of nitrogens with zero attached hydrogens (tertiary/aromatic N) is 1. The van der Waals surface area contributed by atoms with Crippen LogP contribution in [0.4, 0.5) is 0 Å². The number of Topliss-reactive ketones (excluding diaryl/α,β-unsaturated/α-hetero) is 1. The summed E-state index contributed by atoms with van der Waals surface area (Å²) in [5, 5.41) is 11.2. The number of hydrogen-bond donors (Lipinski definition) is 1. The quantitative estimate of drug-likeness (QED) is 0.485. The zero-order valence-corrected chi connectivity index (χ0v) is 14.5. The minimum Gasteiger partial charge on any atom is -0.496 e. The van der Waals surface area contributed by atoms with E-state index in [0.29, 0.717) is 27.8 Å². The van der Waals surface area contributed by atoms with Gasteiger partial charge in [0.05, 0.1) is 18.2 Å². The van der Waals surface area contributed by atoms with Gasteiger partial charge < -0.3 is 9.84 Å². The first-order chi connectivity index (χ1) is 11.4. The van der Waals surface area contributed by atoms with E-state index in [0.717, 1.165) is 19.3 Å². The number of aromatic nitrogens is 1. The Bertz CT molecular complexity index is 814. The van der Waals surface area contributed by atoms with E-state index in [4.69, 9.17) is 4.74 Å². The second kappa shape index (κ2) is 7.34. The molecule has 0 bridgehead atoms. The second-order valence-electron chi connectivity index (χ2n) is 5.76. The first kappa shape index (κ1) is 17.8. The van der Waals surface area contributed by atoms with Crippen LogP contribution in [-0.2, 0) is 4.74 Å². The highest BCUT2D eigenvalue weighted by Crippen LogP contribution is 2.37. The zero-order valence-electron chi connectivity index (χ0n) is 14.5. The number of ketones is 1. The molecule has 0 radical (unpaired) electrons. The fourth-order valence-corrected chi connectivity index (χ4v) is 2.78. The number of aromatic hydroxyl groups is 1. The molecule has 0 saturated carbocycles. The molecule has 0 fully saturated rings. The Hall–Kier alpha value is -2.56. The van der Waals surface area contributed by atoms with Crippen molar-refractivity contribution in [1.29, 1.82) is 0 Å². The van der Waals surface area contributed by atoms with Crippen LogP contribution in [0.3, 0.4) is 0 Å². The summed E-state index contributed by atoms with van der Waals surface area (Å²) in [6.45, 7) is 4.96. The summed E-state index contributed by atoms with van der Waals surface area (Å²) in [6, 6.07) is 5.02. The number of unbranched alkanes of at least 4 members (excludes halogenated alkanes) is 2. The molecule has 128 valence electrons. The molecule has 0 aliphatic rings. The molecular weight excluding hydrogens is 306 g/mol. The average Bonchev–Trinajstić information content (AvgIpc) is 2.83. The van der Waals surface area contributed by atoms with E-state index in [-0.39, 0.29) is 17.6 Å². The first-order valence-corrected chi connectivity index (χ1v) is 8.06. The fraction of sp³-hybridized carbons (Fsp3) is 0.368. The highest BCUT2D eigenvalue weighted by molar-refractivity contribution is 6.05. The molecule has 2 aromatic rings. The van der Waals surface area contributed by atoms with Crippen LogP contribution in [0.5, 0.6) is 5.88 Å². The molecular formula is C19H23NO4. The van der Waals surface area contributed by atoms with Crippen molar-refractivity contribution in [2.45, 2.75) is 40.0 Å². The first-order valence-electron chi connectivity index (χ1n) is 8.06. The van der Waals surface area contributed by atoms with Gasteiger partial charge in [0.25, 0.3) is 0 Å². The van der Waals surface area contributed by atoms with Gasteiger partial charge in [0, 0.05) is 17.9 Å². The Morgan fingerprint density at radius 1 is 1.29 bits per heavy atom. The molecule has 5 nitrogen and oxygen atoms in total. The molecule has 1 aromatic carbocycles. The van der Waals surface area contributed by atoms with Crippen molar-refractivity contribution in [3.63, 3.8) is 0 Å². The van der Waals surface area contributed by atoms with Gasteiger partial charge in [-0.2, -0.15) is 0 Å². The van der Waals surface area contributed by atoms with Gasteiger partial charge in [-0.15, -0.1) is 0 Å². The van der Waals surface area contributed by atoms with Gasteiger partial charge in [0.15, 0.2) is 5.78 Å². The molecule has 2 rings (SSSR count). The normalized spacial score (nSPS) is 11.8. The predicted octanol–water partition coefficient (Wildman–Crippen LogP) is 4.39. The van der Waals surface area contributed by atoms with E-state index in [2.05, 4.69) is 6.92 Å². The molecule has 0 saturated heterocycles. The summed E-state index contributed by atoms with van der Waals surface area (Å²) in [4.78, 5) is 23.7. The minimum absolute atomic E-state index is 0.0770. The largest absolute Gasteiger partial charge is 0.496 e. The maximum atomic E-state index is 12.0. The molecule has 0 aliphatic carbocycles. The summed E-state index contributed by atoms with van der Waals surface area (Å²) in [6.07, 6.45) is 4.75. The predicted molar refractivity (Wildman–Crippen MR) is 94.4 cm³/mol. The number of ether oxygens (including phenoxy) is 1. The standard InChI is InChI=1S/C19H23NO4/c1-5-6-7-8-17(24-4)18-15-11-14(12(2)21)9-10-16(15)20(13(3)22)19(18)23/h8-11,23H,5-7H2,1-4H3. The van der Waals surface area contributed by atoms with Crippen LogP contribution >= 0.6 is 0 Å². The van der Waals surface area contributed by atoms with E-state index >= 15 is 0 Å². The third-order valence-corrected chi connectivity index (χ3v) is 4.02. The van der Waals surface area contributed by atoms with Gasteiger partial charge in [0.2, 0.25) is 11.8 Å². The third-order valence-electron chi connectivity index (χ3n) is 4.02. The smallest absolute Gasteiger partial charge is 0.230 e. The number of benzene rings is 1. The van der Waals surface area contributed by atoms with E-state index < -0.39 is 0 Å². The third kappa shape index (κ3) is 3.20. The van der Waals surface area contributed by atoms with Crippen molar-refractivity contribution in [3.05, 3.63) is 35.4 Å². The van der Waals surface area contributed by atoms with Crippen molar-refractivity contribution < 1.29 is 19.4 Å². The number of methoxy groups -OCH3 is 1. The minimum atomic E-state index is -0.302. The van der Waals surface area contributed by atoms with E-state index in [1.807, 2.05) is 6.08 Å². The number of fused-ring (bicyclic) bond motifs is 1. The van der Waals surface area contributed by atoms with Crippen molar-refractivity contribution >= 4 is 28.4 Å². The topological polar surface area (TPSA) is 68.5 Å². The fourth-order valence-electron chi connectivity index (χ4n) is 2.78. The average molecular weight is 329 g/mol. The molecule has 0 amide bonds. The highest BCUT2D eigenvalue weighted by Gasteiger charge is 2.23. The van der Waals surface area contributed by atoms with E-state index in [1.165, 1.54) is 25.5 Å².